The van der Waals surface area contributed by atoms with E-state index in [1.807, 2.05) is 0 Å². The molecule has 0 saturated heterocycles. The van der Waals surface area contributed by atoms with Gasteiger partial charge in [-0.05, 0) is 12.1 Å². The molecule has 3 heterocycles. The number of aromatic amines is 1. The topological polar surface area (TPSA) is 123 Å². The van der Waals surface area contributed by atoms with Crippen LogP contribution in [0.4, 0.5) is 0 Å². The maximum absolute atomic E-state index is 11.8. The minimum atomic E-state index is -0.471. The van der Waals surface area contributed by atoms with Gasteiger partial charge in [0, 0.05) is 18.2 Å². The van der Waals surface area contributed by atoms with Gasteiger partial charge in [0.25, 0.3) is 11.1 Å². The summed E-state index contributed by atoms with van der Waals surface area (Å²) in [4.78, 5) is 34.4. The molecule has 3 rings (SSSR count). The Balaban J connectivity index is 1.60. The van der Waals surface area contributed by atoms with Crippen LogP contribution in [-0.4, -0.2) is 20.8 Å². The molecule has 2 N–H and O–H groups in total. The molecule has 0 spiro atoms. The first-order valence-electron chi connectivity index (χ1n) is 6.68. The SMILES string of the molecule is O=C(Cn1[nH]c(=O)ccc1=O)NCc1cc(-c2ccco2)on1. The van der Waals surface area contributed by atoms with Crippen LogP contribution in [0.3, 0.4) is 0 Å². The number of furan rings is 1. The Morgan fingerprint density at radius 1 is 1.26 bits per heavy atom. The number of nitrogens with zero attached hydrogens (tertiary/aromatic N) is 2. The van der Waals surface area contributed by atoms with Crippen molar-refractivity contribution in [1.82, 2.24) is 20.3 Å². The molecule has 1 amide bonds. The van der Waals surface area contributed by atoms with E-state index >= 15 is 0 Å². The summed E-state index contributed by atoms with van der Waals surface area (Å²) in [6.45, 7) is -0.174. The zero-order chi connectivity index (χ0) is 16.2. The summed E-state index contributed by atoms with van der Waals surface area (Å²) >= 11 is 0. The first kappa shape index (κ1) is 14.6. The van der Waals surface area contributed by atoms with Crippen LogP contribution >= 0.6 is 0 Å². The fourth-order valence-corrected chi connectivity index (χ4v) is 1.90. The van der Waals surface area contributed by atoms with E-state index in [0.717, 1.165) is 16.8 Å². The fraction of sp³-hybridized carbons (Fsp3) is 0.143. The Kier molecular flexibility index (Phi) is 3.91. The lowest BCUT2D eigenvalue weighted by Crippen LogP contribution is -2.35. The summed E-state index contributed by atoms with van der Waals surface area (Å²) in [5.41, 5.74) is -0.433. The van der Waals surface area contributed by atoms with E-state index in [1.165, 1.54) is 6.26 Å². The van der Waals surface area contributed by atoms with Gasteiger partial charge >= 0.3 is 0 Å². The van der Waals surface area contributed by atoms with Gasteiger partial charge in [-0.15, -0.1) is 0 Å². The Hall–Kier alpha value is -3.36. The van der Waals surface area contributed by atoms with Gasteiger partial charge in [0.05, 0.1) is 12.8 Å². The number of aromatic nitrogens is 3. The Morgan fingerprint density at radius 3 is 2.91 bits per heavy atom. The number of hydrogen-bond acceptors (Lipinski definition) is 6. The smallest absolute Gasteiger partial charge is 0.265 e. The molecule has 0 aliphatic carbocycles. The molecule has 0 fully saturated rings. The van der Waals surface area contributed by atoms with E-state index in [-0.39, 0.29) is 13.1 Å². The second-order valence-corrected chi connectivity index (χ2v) is 4.67. The third-order valence-corrected chi connectivity index (χ3v) is 2.98. The molecule has 0 radical (unpaired) electrons. The molecule has 0 aliphatic heterocycles. The van der Waals surface area contributed by atoms with Crippen LogP contribution in [0.25, 0.3) is 11.5 Å². The van der Waals surface area contributed by atoms with Crippen LogP contribution in [-0.2, 0) is 17.9 Å². The maximum atomic E-state index is 11.8. The first-order chi connectivity index (χ1) is 11.1. The fourth-order valence-electron chi connectivity index (χ4n) is 1.90. The van der Waals surface area contributed by atoms with Crippen LogP contribution in [0.2, 0.25) is 0 Å². The van der Waals surface area contributed by atoms with Crippen LogP contribution in [0.15, 0.2) is 55.1 Å². The standard InChI is InChI=1S/C14H12N4O5/c19-12-3-4-14(21)18(16-12)8-13(20)15-7-9-6-11(23-17-9)10-2-1-5-22-10/h1-6H,7-8H2,(H,15,20)(H,16,19). The van der Waals surface area contributed by atoms with Crippen molar-refractivity contribution in [2.24, 2.45) is 0 Å². The minimum absolute atomic E-state index is 0.120. The van der Waals surface area contributed by atoms with Crippen molar-refractivity contribution in [2.75, 3.05) is 0 Å². The zero-order valence-electron chi connectivity index (χ0n) is 11.8. The summed E-state index contributed by atoms with van der Waals surface area (Å²) in [5, 5.41) is 8.65. The molecule has 0 bridgehead atoms. The van der Waals surface area contributed by atoms with E-state index in [1.54, 1.807) is 18.2 Å². The van der Waals surface area contributed by atoms with E-state index in [0.29, 0.717) is 17.2 Å². The second-order valence-electron chi connectivity index (χ2n) is 4.67. The molecule has 23 heavy (non-hydrogen) atoms. The number of nitrogens with one attached hydrogen (secondary N) is 2. The molecule has 0 saturated carbocycles. The normalized spacial score (nSPS) is 10.6. The predicted molar refractivity (Wildman–Crippen MR) is 77.4 cm³/mol. The molecule has 0 unspecified atom stereocenters. The van der Waals surface area contributed by atoms with Gasteiger partial charge in [-0.25, -0.2) is 4.68 Å². The third kappa shape index (κ3) is 3.46. The number of H-pyrrole nitrogens is 1. The van der Waals surface area contributed by atoms with Gasteiger partial charge in [-0.2, -0.15) is 0 Å². The number of amides is 1. The van der Waals surface area contributed by atoms with Crippen LogP contribution in [0.1, 0.15) is 5.69 Å². The number of rotatable bonds is 5. The highest BCUT2D eigenvalue weighted by molar-refractivity contribution is 5.75. The van der Waals surface area contributed by atoms with E-state index in [4.69, 9.17) is 8.94 Å². The highest BCUT2D eigenvalue weighted by Gasteiger charge is 2.10. The van der Waals surface area contributed by atoms with Gasteiger partial charge in [0.15, 0.2) is 5.76 Å². The molecule has 3 aromatic rings. The summed E-state index contributed by atoms with van der Waals surface area (Å²) < 4.78 is 11.2. The second kappa shape index (κ2) is 6.18. The average Bonchev–Trinajstić information content (AvgIpc) is 3.19. The van der Waals surface area contributed by atoms with Crippen molar-refractivity contribution in [3.05, 3.63) is 63.0 Å². The molecular formula is C14H12N4O5. The zero-order valence-corrected chi connectivity index (χ0v) is 11.8. The van der Waals surface area contributed by atoms with Crippen molar-refractivity contribution in [3.63, 3.8) is 0 Å². The highest BCUT2D eigenvalue weighted by Crippen LogP contribution is 2.20. The number of hydrogen-bond donors (Lipinski definition) is 2. The van der Waals surface area contributed by atoms with Gasteiger partial charge in [-0.1, -0.05) is 5.16 Å². The van der Waals surface area contributed by atoms with Crippen molar-refractivity contribution >= 4 is 5.91 Å². The van der Waals surface area contributed by atoms with Crippen LogP contribution < -0.4 is 16.4 Å². The first-order valence-corrected chi connectivity index (χ1v) is 6.68. The van der Waals surface area contributed by atoms with Crippen molar-refractivity contribution < 1.29 is 13.7 Å². The molecule has 9 heteroatoms. The van der Waals surface area contributed by atoms with Crippen LogP contribution in [0.5, 0.6) is 0 Å². The molecule has 0 aromatic carbocycles. The third-order valence-electron chi connectivity index (χ3n) is 2.98. The van der Waals surface area contributed by atoms with Crippen LogP contribution in [0, 0.1) is 0 Å². The summed E-state index contributed by atoms with van der Waals surface area (Å²) in [5.74, 6) is 0.530. The van der Waals surface area contributed by atoms with E-state index < -0.39 is 17.0 Å². The molecule has 0 atom stereocenters. The molecule has 3 aromatic heterocycles. The lowest BCUT2D eigenvalue weighted by molar-refractivity contribution is -0.122. The predicted octanol–water partition coefficient (Wildman–Crippen LogP) is 0.101. The summed E-state index contributed by atoms with van der Waals surface area (Å²) in [7, 11) is 0. The highest BCUT2D eigenvalue weighted by atomic mass is 16.5. The Morgan fingerprint density at radius 2 is 2.13 bits per heavy atom. The summed E-state index contributed by atoms with van der Waals surface area (Å²) in [6.07, 6.45) is 1.51. The molecular weight excluding hydrogens is 304 g/mol. The monoisotopic (exact) mass is 316 g/mol. The van der Waals surface area contributed by atoms with Gasteiger partial charge < -0.3 is 14.3 Å². The molecule has 9 nitrogen and oxygen atoms in total. The molecule has 118 valence electrons. The quantitative estimate of drug-likeness (QED) is 0.688. The number of carbonyl (C=O) groups is 1. The van der Waals surface area contributed by atoms with E-state index in [2.05, 4.69) is 15.6 Å². The lowest BCUT2D eigenvalue weighted by atomic mass is 10.3. The van der Waals surface area contributed by atoms with Gasteiger partial charge in [-0.3, -0.25) is 19.5 Å². The maximum Gasteiger partial charge on any atom is 0.265 e. The lowest BCUT2D eigenvalue weighted by Gasteiger charge is -2.05. The summed E-state index contributed by atoms with van der Waals surface area (Å²) in [6, 6.07) is 7.27. The van der Waals surface area contributed by atoms with E-state index in [9.17, 15) is 14.4 Å². The minimum Gasteiger partial charge on any atom is -0.461 e. The molecule has 0 aliphatic rings. The number of carbonyl (C=O) groups excluding carboxylic acids is 1. The van der Waals surface area contributed by atoms with Crippen molar-refractivity contribution in [2.45, 2.75) is 13.1 Å². The van der Waals surface area contributed by atoms with Gasteiger partial charge in [0.1, 0.15) is 12.2 Å². The Labute approximate surface area is 128 Å². The largest absolute Gasteiger partial charge is 0.461 e. The average molecular weight is 316 g/mol. The Bertz CT molecular complexity index is 919. The van der Waals surface area contributed by atoms with Crippen molar-refractivity contribution in [1.29, 1.82) is 0 Å². The van der Waals surface area contributed by atoms with Crippen molar-refractivity contribution in [3.8, 4) is 11.5 Å². The van der Waals surface area contributed by atoms with Gasteiger partial charge in [0.2, 0.25) is 11.7 Å².